The van der Waals surface area contributed by atoms with Crippen LogP contribution in [0.4, 0.5) is 0 Å². The van der Waals surface area contributed by atoms with Crippen molar-refractivity contribution in [1.82, 2.24) is 4.98 Å². The summed E-state index contributed by atoms with van der Waals surface area (Å²) in [5.41, 5.74) is 0.766. The Morgan fingerprint density at radius 1 is 1.23 bits per heavy atom. The highest BCUT2D eigenvalue weighted by Crippen LogP contribution is 2.38. The lowest BCUT2D eigenvalue weighted by Gasteiger charge is -2.38. The molecule has 8 heteroatoms. The van der Waals surface area contributed by atoms with E-state index >= 15 is 0 Å². The fourth-order valence-electron chi connectivity index (χ4n) is 2.46. The molecule has 0 amide bonds. The molecule has 3 rings (SSSR count). The molecule has 4 N–H and O–H groups in total. The first-order valence-electron chi connectivity index (χ1n) is 6.71. The van der Waals surface area contributed by atoms with E-state index in [1.54, 1.807) is 19.2 Å². The number of aromatic amines is 1. The van der Waals surface area contributed by atoms with Crippen LogP contribution in [0.2, 0.25) is 5.02 Å². The Bertz CT molecular complexity index is 693. The molecule has 2 heterocycles. The van der Waals surface area contributed by atoms with Crippen LogP contribution in [0.5, 0.6) is 5.75 Å². The number of hydrogen-bond donors (Lipinski definition) is 4. The predicted molar refractivity (Wildman–Crippen MR) is 84.0 cm³/mol. The van der Waals surface area contributed by atoms with Gasteiger partial charge in [0.15, 0.2) is 0 Å². The zero-order chi connectivity index (χ0) is 16.0. The van der Waals surface area contributed by atoms with Gasteiger partial charge in [0, 0.05) is 10.7 Å². The minimum absolute atomic E-state index is 0.390. The Balaban J connectivity index is 1.92. The van der Waals surface area contributed by atoms with Crippen LogP contribution in [0, 0.1) is 0 Å². The van der Waals surface area contributed by atoms with E-state index in [1.807, 2.05) is 6.07 Å². The number of benzene rings is 1. The third-order valence-corrected chi connectivity index (χ3v) is 5.03. The first-order valence-corrected chi connectivity index (χ1v) is 7.88. The molecule has 1 aromatic carbocycles. The lowest BCUT2D eigenvalue weighted by molar-refractivity contribution is -0.267. The largest absolute Gasteiger partial charge is 0.460 e. The fourth-order valence-corrected chi connectivity index (χ4v) is 3.04. The van der Waals surface area contributed by atoms with Crippen molar-refractivity contribution in [3.8, 4) is 5.75 Å². The lowest BCUT2D eigenvalue weighted by Crippen LogP contribution is -2.58. The Labute approximate surface area is 139 Å². The van der Waals surface area contributed by atoms with E-state index in [0.29, 0.717) is 20.6 Å². The zero-order valence-electron chi connectivity index (χ0n) is 11.5. The molecule has 0 radical (unpaired) electrons. The molecule has 0 spiro atoms. The SMILES string of the molecule is C[C@H]1O[C@H](Oc2c[nH]c3ccc(Br)c(Cl)c23)[C@H](O)[C@@H](O)[C@H]1O. The lowest BCUT2D eigenvalue weighted by atomic mass is 10.00. The summed E-state index contributed by atoms with van der Waals surface area (Å²) in [7, 11) is 0. The highest BCUT2D eigenvalue weighted by Gasteiger charge is 2.43. The van der Waals surface area contributed by atoms with Gasteiger partial charge in [0.05, 0.1) is 22.0 Å². The summed E-state index contributed by atoms with van der Waals surface area (Å²) in [6.45, 7) is 1.59. The third kappa shape index (κ3) is 2.62. The number of H-pyrrole nitrogens is 1. The number of aliphatic hydroxyl groups is 3. The summed E-state index contributed by atoms with van der Waals surface area (Å²) < 4.78 is 11.8. The minimum atomic E-state index is -1.37. The number of fused-ring (bicyclic) bond motifs is 1. The monoisotopic (exact) mass is 391 g/mol. The number of halogens is 2. The second kappa shape index (κ2) is 5.99. The smallest absolute Gasteiger partial charge is 0.229 e. The van der Waals surface area contributed by atoms with Gasteiger partial charge in [-0.1, -0.05) is 11.6 Å². The Morgan fingerprint density at radius 3 is 2.68 bits per heavy atom. The van der Waals surface area contributed by atoms with Crippen LogP contribution in [0.3, 0.4) is 0 Å². The molecular formula is C14H15BrClNO5. The molecular weight excluding hydrogens is 378 g/mol. The molecule has 1 aliphatic rings. The molecule has 22 heavy (non-hydrogen) atoms. The summed E-state index contributed by atoms with van der Waals surface area (Å²) in [5.74, 6) is 0.390. The van der Waals surface area contributed by atoms with E-state index in [4.69, 9.17) is 21.1 Å². The zero-order valence-corrected chi connectivity index (χ0v) is 13.9. The number of ether oxygens (including phenoxy) is 2. The normalized spacial score (nSPS) is 32.4. The number of hydrogen-bond acceptors (Lipinski definition) is 5. The van der Waals surface area contributed by atoms with Gasteiger partial charge in [-0.05, 0) is 35.0 Å². The summed E-state index contributed by atoms with van der Waals surface area (Å²) in [4.78, 5) is 3.01. The van der Waals surface area contributed by atoms with Crippen molar-refractivity contribution in [2.24, 2.45) is 0 Å². The van der Waals surface area contributed by atoms with E-state index in [-0.39, 0.29) is 0 Å². The van der Waals surface area contributed by atoms with Gasteiger partial charge in [-0.15, -0.1) is 0 Å². The van der Waals surface area contributed by atoms with Crippen LogP contribution < -0.4 is 4.74 Å². The number of aliphatic hydroxyl groups excluding tert-OH is 3. The first-order chi connectivity index (χ1) is 10.4. The summed E-state index contributed by atoms with van der Waals surface area (Å²) >= 11 is 9.61. The topological polar surface area (TPSA) is 94.9 Å². The second-order valence-electron chi connectivity index (χ2n) is 5.24. The summed E-state index contributed by atoms with van der Waals surface area (Å²) in [6.07, 6.45) is -4.07. The quantitative estimate of drug-likeness (QED) is 0.625. The molecule has 5 atom stereocenters. The molecule has 6 nitrogen and oxygen atoms in total. The van der Waals surface area contributed by atoms with Crippen molar-refractivity contribution in [3.63, 3.8) is 0 Å². The molecule has 1 aliphatic heterocycles. The van der Waals surface area contributed by atoms with Gasteiger partial charge in [0.1, 0.15) is 24.1 Å². The van der Waals surface area contributed by atoms with Gasteiger partial charge in [0.25, 0.3) is 0 Å². The molecule has 1 aromatic heterocycles. The Morgan fingerprint density at radius 2 is 1.95 bits per heavy atom. The van der Waals surface area contributed by atoms with Crippen LogP contribution in [-0.4, -0.2) is 51.0 Å². The molecule has 120 valence electrons. The molecule has 0 unspecified atom stereocenters. The summed E-state index contributed by atoms with van der Waals surface area (Å²) in [5, 5.41) is 30.6. The average Bonchev–Trinajstić information content (AvgIpc) is 2.90. The maximum atomic E-state index is 10.0. The van der Waals surface area contributed by atoms with Gasteiger partial charge < -0.3 is 29.8 Å². The van der Waals surface area contributed by atoms with Gasteiger partial charge >= 0.3 is 0 Å². The number of nitrogens with one attached hydrogen (secondary N) is 1. The van der Waals surface area contributed by atoms with Crippen molar-refractivity contribution in [2.45, 2.75) is 37.6 Å². The fraction of sp³-hybridized carbons (Fsp3) is 0.429. The van der Waals surface area contributed by atoms with Crippen molar-refractivity contribution < 1.29 is 24.8 Å². The van der Waals surface area contributed by atoms with E-state index in [9.17, 15) is 15.3 Å². The molecule has 0 bridgehead atoms. The molecule has 1 saturated heterocycles. The summed E-state index contributed by atoms with van der Waals surface area (Å²) in [6, 6.07) is 3.64. The van der Waals surface area contributed by atoms with Gasteiger partial charge in [-0.2, -0.15) is 0 Å². The van der Waals surface area contributed by atoms with Gasteiger partial charge in [-0.3, -0.25) is 0 Å². The Kier molecular flexibility index (Phi) is 4.37. The van der Waals surface area contributed by atoms with Crippen molar-refractivity contribution in [3.05, 3.63) is 27.8 Å². The van der Waals surface area contributed by atoms with Crippen LogP contribution in [0.1, 0.15) is 6.92 Å². The molecule has 0 aliphatic carbocycles. The maximum Gasteiger partial charge on any atom is 0.229 e. The van der Waals surface area contributed by atoms with Gasteiger partial charge in [0.2, 0.25) is 6.29 Å². The van der Waals surface area contributed by atoms with Crippen LogP contribution in [-0.2, 0) is 4.74 Å². The van der Waals surface area contributed by atoms with Crippen LogP contribution >= 0.6 is 27.5 Å². The van der Waals surface area contributed by atoms with E-state index in [0.717, 1.165) is 5.52 Å². The third-order valence-electron chi connectivity index (χ3n) is 3.75. The average molecular weight is 393 g/mol. The maximum absolute atomic E-state index is 10.0. The number of aromatic nitrogens is 1. The van der Waals surface area contributed by atoms with E-state index < -0.39 is 30.7 Å². The van der Waals surface area contributed by atoms with Gasteiger partial charge in [-0.25, -0.2) is 0 Å². The van der Waals surface area contributed by atoms with Crippen LogP contribution in [0.15, 0.2) is 22.8 Å². The molecule has 2 aromatic rings. The first kappa shape index (κ1) is 16.0. The standard InChI is InChI=1S/C14H15BrClNO5/c1-5-11(18)12(19)13(20)14(21-5)22-8-4-17-7-3-2-6(15)10(16)9(7)8/h2-5,11-14,17-20H,1H3/t5-,11+,12+,13-,14-/m1/s1. The Hall–Kier alpha value is -0.830. The second-order valence-corrected chi connectivity index (χ2v) is 6.47. The highest BCUT2D eigenvalue weighted by atomic mass is 79.9. The highest BCUT2D eigenvalue weighted by molar-refractivity contribution is 9.10. The molecule has 1 fully saturated rings. The molecule has 0 saturated carbocycles. The van der Waals surface area contributed by atoms with E-state index in [1.165, 1.54) is 0 Å². The van der Waals surface area contributed by atoms with Crippen LogP contribution in [0.25, 0.3) is 10.9 Å². The predicted octanol–water partition coefficient (Wildman–Crippen LogP) is 1.79. The minimum Gasteiger partial charge on any atom is -0.460 e. The van der Waals surface area contributed by atoms with E-state index in [2.05, 4.69) is 20.9 Å². The number of rotatable bonds is 2. The van der Waals surface area contributed by atoms with Crippen molar-refractivity contribution in [1.29, 1.82) is 0 Å². The van der Waals surface area contributed by atoms with Crippen molar-refractivity contribution in [2.75, 3.05) is 0 Å². The van der Waals surface area contributed by atoms with Crippen molar-refractivity contribution >= 4 is 38.4 Å².